The number of carbonyl (C=O) groups is 1. The summed E-state index contributed by atoms with van der Waals surface area (Å²) in [6.07, 6.45) is 1.40. The van der Waals surface area contributed by atoms with Gasteiger partial charge < -0.3 is 10.4 Å². The molecule has 9 heteroatoms. The third kappa shape index (κ3) is 7.55. The smallest absolute Gasteiger partial charge is 0.255 e. The van der Waals surface area contributed by atoms with Crippen molar-refractivity contribution in [2.24, 2.45) is 16.2 Å². The number of aliphatic hydroxyl groups is 1. The van der Waals surface area contributed by atoms with E-state index < -0.39 is 23.4 Å². The SMILES string of the molecule is CC(C)CC(CC(C)CO)=NSc1cc(C(=O)Nc2cc(F)c(F)c(F)c2)ccc1Cl. The van der Waals surface area contributed by atoms with Crippen molar-refractivity contribution in [2.45, 2.75) is 38.5 Å². The van der Waals surface area contributed by atoms with E-state index >= 15 is 0 Å². The molecule has 2 aromatic carbocycles. The van der Waals surface area contributed by atoms with Gasteiger partial charge in [0.25, 0.3) is 5.91 Å². The summed E-state index contributed by atoms with van der Waals surface area (Å²) in [7, 11) is 0. The lowest BCUT2D eigenvalue weighted by Crippen LogP contribution is -2.13. The van der Waals surface area contributed by atoms with Gasteiger partial charge in [0.15, 0.2) is 17.5 Å². The van der Waals surface area contributed by atoms with Gasteiger partial charge in [-0.05, 0) is 42.9 Å². The highest BCUT2D eigenvalue weighted by Gasteiger charge is 2.15. The first-order valence-corrected chi connectivity index (χ1v) is 10.8. The van der Waals surface area contributed by atoms with Gasteiger partial charge in [-0.25, -0.2) is 17.6 Å². The maximum absolute atomic E-state index is 13.4. The van der Waals surface area contributed by atoms with Crippen LogP contribution in [-0.4, -0.2) is 23.3 Å². The molecule has 1 amide bonds. The highest BCUT2D eigenvalue weighted by atomic mass is 35.5. The zero-order chi connectivity index (χ0) is 23.1. The predicted octanol–water partition coefficient (Wildman–Crippen LogP) is 6.52. The number of halogens is 4. The zero-order valence-electron chi connectivity index (χ0n) is 17.4. The molecule has 2 aromatic rings. The van der Waals surface area contributed by atoms with Crippen LogP contribution in [0.3, 0.4) is 0 Å². The summed E-state index contributed by atoms with van der Waals surface area (Å²) in [5.41, 5.74) is 0.909. The Morgan fingerprint density at radius 1 is 1.13 bits per heavy atom. The number of carbonyl (C=O) groups excluding carboxylic acids is 1. The van der Waals surface area contributed by atoms with E-state index in [1.165, 1.54) is 18.2 Å². The van der Waals surface area contributed by atoms with Crippen LogP contribution in [0.4, 0.5) is 18.9 Å². The van der Waals surface area contributed by atoms with Crippen molar-refractivity contribution in [3.63, 3.8) is 0 Å². The standard InChI is InChI=1S/C22H24ClF3N2O2S/c1-12(2)6-16(7-13(3)11-29)28-31-20-8-14(4-5-17(20)23)22(30)27-15-9-18(24)21(26)19(25)10-15/h4-5,8-10,12-13,29H,6-7,11H2,1-3H3,(H,27,30). The summed E-state index contributed by atoms with van der Waals surface area (Å²) in [5.74, 6) is -4.58. The van der Waals surface area contributed by atoms with Crippen LogP contribution in [0.5, 0.6) is 0 Å². The molecule has 1 unspecified atom stereocenters. The average molecular weight is 473 g/mol. The van der Waals surface area contributed by atoms with E-state index in [9.17, 15) is 23.1 Å². The van der Waals surface area contributed by atoms with E-state index in [2.05, 4.69) is 23.6 Å². The molecule has 2 N–H and O–H groups in total. The zero-order valence-corrected chi connectivity index (χ0v) is 19.0. The van der Waals surface area contributed by atoms with Gasteiger partial charge in [0.05, 0.1) is 5.02 Å². The van der Waals surface area contributed by atoms with Gasteiger partial charge in [-0.15, -0.1) is 0 Å². The van der Waals surface area contributed by atoms with Crippen LogP contribution in [0, 0.1) is 29.3 Å². The first-order valence-electron chi connectivity index (χ1n) is 9.69. The maximum atomic E-state index is 13.4. The van der Waals surface area contributed by atoms with Crippen molar-refractivity contribution in [3.05, 3.63) is 58.4 Å². The third-order valence-corrected chi connectivity index (χ3v) is 5.57. The minimum atomic E-state index is -1.60. The Balaban J connectivity index is 2.21. The Hall–Kier alpha value is -2.03. The second kappa shape index (κ2) is 11.5. The van der Waals surface area contributed by atoms with E-state index in [-0.39, 0.29) is 23.8 Å². The Bertz CT molecular complexity index is 947. The van der Waals surface area contributed by atoms with Crippen molar-refractivity contribution in [1.29, 1.82) is 0 Å². The molecule has 0 aliphatic carbocycles. The van der Waals surface area contributed by atoms with Crippen molar-refractivity contribution in [1.82, 2.24) is 0 Å². The predicted molar refractivity (Wildman–Crippen MR) is 119 cm³/mol. The lowest BCUT2D eigenvalue weighted by Gasteiger charge is -2.13. The summed E-state index contributed by atoms with van der Waals surface area (Å²) in [4.78, 5) is 13.0. The summed E-state index contributed by atoms with van der Waals surface area (Å²) < 4.78 is 44.4. The quantitative estimate of drug-likeness (QED) is 0.248. The average Bonchev–Trinajstić information content (AvgIpc) is 2.70. The van der Waals surface area contributed by atoms with E-state index in [1.807, 2.05) is 6.92 Å². The van der Waals surface area contributed by atoms with Gasteiger partial charge in [-0.3, -0.25) is 4.79 Å². The molecule has 0 fully saturated rings. The van der Waals surface area contributed by atoms with Gasteiger partial charge in [0.2, 0.25) is 0 Å². The van der Waals surface area contributed by atoms with Crippen LogP contribution in [0.15, 0.2) is 39.6 Å². The van der Waals surface area contributed by atoms with Crippen molar-refractivity contribution in [3.8, 4) is 0 Å². The molecule has 0 aliphatic rings. The Labute approximate surface area is 189 Å². The van der Waals surface area contributed by atoms with E-state index in [0.717, 1.165) is 24.1 Å². The maximum Gasteiger partial charge on any atom is 0.255 e. The second-order valence-electron chi connectivity index (χ2n) is 7.69. The Kier molecular flexibility index (Phi) is 9.40. The molecule has 0 heterocycles. The Morgan fingerprint density at radius 3 is 2.35 bits per heavy atom. The Morgan fingerprint density at radius 2 is 1.77 bits per heavy atom. The fourth-order valence-electron chi connectivity index (χ4n) is 2.76. The fourth-order valence-corrected chi connectivity index (χ4v) is 3.69. The summed E-state index contributed by atoms with van der Waals surface area (Å²) >= 11 is 7.36. The molecule has 0 saturated heterocycles. The first kappa shape index (κ1) is 25.2. The highest BCUT2D eigenvalue weighted by Crippen LogP contribution is 2.30. The summed E-state index contributed by atoms with van der Waals surface area (Å²) in [6.45, 7) is 6.13. The molecule has 0 aliphatic heterocycles. The van der Waals surface area contributed by atoms with Gasteiger partial charge in [-0.2, -0.15) is 0 Å². The van der Waals surface area contributed by atoms with Crippen LogP contribution >= 0.6 is 23.5 Å². The number of hydrogen-bond acceptors (Lipinski definition) is 4. The lowest BCUT2D eigenvalue weighted by molar-refractivity contribution is 0.102. The van der Waals surface area contributed by atoms with E-state index in [0.29, 0.717) is 34.4 Å². The third-order valence-electron chi connectivity index (χ3n) is 4.25. The van der Waals surface area contributed by atoms with Crippen molar-refractivity contribution >= 4 is 40.9 Å². The van der Waals surface area contributed by atoms with Crippen LogP contribution in [0.25, 0.3) is 0 Å². The minimum absolute atomic E-state index is 0.0583. The van der Waals surface area contributed by atoms with Crippen LogP contribution in [0.2, 0.25) is 5.02 Å². The fraction of sp³-hybridized carbons (Fsp3) is 0.364. The van der Waals surface area contributed by atoms with Crippen molar-refractivity contribution < 1.29 is 23.1 Å². The topological polar surface area (TPSA) is 61.7 Å². The number of benzene rings is 2. The number of rotatable bonds is 9. The molecule has 2 rings (SSSR count). The number of aliphatic hydroxyl groups excluding tert-OH is 1. The molecular formula is C22H24ClF3N2O2S. The van der Waals surface area contributed by atoms with Gasteiger partial charge >= 0.3 is 0 Å². The molecule has 168 valence electrons. The van der Waals surface area contributed by atoms with Crippen LogP contribution in [-0.2, 0) is 0 Å². The molecule has 0 radical (unpaired) electrons. The number of nitrogens with one attached hydrogen (secondary N) is 1. The second-order valence-corrected chi connectivity index (χ2v) is 8.90. The number of nitrogens with zero attached hydrogens (tertiary/aromatic N) is 1. The molecular weight excluding hydrogens is 449 g/mol. The summed E-state index contributed by atoms with van der Waals surface area (Å²) in [6, 6.07) is 5.91. The number of anilines is 1. The number of hydrogen-bond donors (Lipinski definition) is 2. The van der Waals surface area contributed by atoms with Crippen LogP contribution < -0.4 is 5.32 Å². The molecule has 0 bridgehead atoms. The van der Waals surface area contributed by atoms with Gasteiger partial charge in [0, 0.05) is 52.5 Å². The van der Waals surface area contributed by atoms with E-state index in [4.69, 9.17) is 11.6 Å². The van der Waals surface area contributed by atoms with Crippen LogP contribution in [0.1, 0.15) is 44.0 Å². The monoisotopic (exact) mass is 472 g/mol. The van der Waals surface area contributed by atoms with Gasteiger partial charge in [-0.1, -0.05) is 32.4 Å². The lowest BCUT2D eigenvalue weighted by atomic mass is 9.98. The highest BCUT2D eigenvalue weighted by molar-refractivity contribution is 7.98. The molecule has 31 heavy (non-hydrogen) atoms. The molecule has 0 aromatic heterocycles. The molecule has 1 atom stereocenters. The minimum Gasteiger partial charge on any atom is -0.396 e. The number of amides is 1. The van der Waals surface area contributed by atoms with Gasteiger partial charge in [0.1, 0.15) is 0 Å². The largest absolute Gasteiger partial charge is 0.396 e. The van der Waals surface area contributed by atoms with E-state index in [1.54, 1.807) is 0 Å². The van der Waals surface area contributed by atoms with Crippen molar-refractivity contribution in [2.75, 3.05) is 11.9 Å². The summed E-state index contributed by atoms with van der Waals surface area (Å²) in [5, 5.41) is 12.0. The normalized spacial score (nSPS) is 12.9. The molecule has 0 spiro atoms. The molecule has 0 saturated carbocycles. The molecule has 4 nitrogen and oxygen atoms in total. The first-order chi connectivity index (χ1) is 14.6.